The Labute approximate surface area is 114 Å². The predicted octanol–water partition coefficient (Wildman–Crippen LogP) is 0.627. The summed E-state index contributed by atoms with van der Waals surface area (Å²) in [4.78, 5) is 13.1. The predicted molar refractivity (Wildman–Crippen MR) is 75.2 cm³/mol. The zero-order valence-corrected chi connectivity index (χ0v) is 12.1. The van der Waals surface area contributed by atoms with Crippen molar-refractivity contribution < 1.29 is 13.2 Å². The molecule has 0 spiro atoms. The lowest BCUT2D eigenvalue weighted by molar-refractivity contribution is -0.128. The average molecular weight is 284 g/mol. The first-order valence-electron chi connectivity index (χ1n) is 6.12. The van der Waals surface area contributed by atoms with Crippen LogP contribution in [-0.4, -0.2) is 45.1 Å². The number of sulfonamides is 1. The number of nitrogens with one attached hydrogen (secondary N) is 1. The summed E-state index contributed by atoms with van der Waals surface area (Å²) in [5.74, 6) is -0.0498. The number of nitrogens with zero attached hydrogens (tertiary/aromatic N) is 1. The van der Waals surface area contributed by atoms with E-state index in [-0.39, 0.29) is 12.5 Å². The van der Waals surface area contributed by atoms with Crippen LogP contribution in [0, 0.1) is 0 Å². The van der Waals surface area contributed by atoms with Gasteiger partial charge in [-0.15, -0.1) is 0 Å². The van der Waals surface area contributed by atoms with E-state index in [9.17, 15) is 13.2 Å². The fourth-order valence-electron chi connectivity index (χ4n) is 1.70. The summed E-state index contributed by atoms with van der Waals surface area (Å²) >= 11 is 0. The minimum Gasteiger partial charge on any atom is -0.341 e. The topological polar surface area (TPSA) is 66.5 Å². The molecule has 0 heterocycles. The molecule has 19 heavy (non-hydrogen) atoms. The van der Waals surface area contributed by atoms with Crippen LogP contribution in [0.4, 0.5) is 0 Å². The van der Waals surface area contributed by atoms with Crippen LogP contribution in [0.3, 0.4) is 0 Å². The Bertz CT molecular complexity index is 500. The summed E-state index contributed by atoms with van der Waals surface area (Å²) in [7, 11) is -3.20. The maximum Gasteiger partial charge on any atom is 0.219 e. The minimum absolute atomic E-state index is 0.0498. The highest BCUT2D eigenvalue weighted by Gasteiger charge is 2.09. The third-order valence-electron chi connectivity index (χ3n) is 2.70. The van der Waals surface area contributed by atoms with Crippen molar-refractivity contribution in [1.82, 2.24) is 9.62 Å². The molecule has 1 N–H and O–H groups in total. The van der Waals surface area contributed by atoms with Gasteiger partial charge in [0.05, 0.1) is 6.26 Å². The fraction of sp³-hybridized carbons (Fsp3) is 0.462. The van der Waals surface area contributed by atoms with Crippen LogP contribution < -0.4 is 4.72 Å². The number of carbonyl (C=O) groups is 1. The van der Waals surface area contributed by atoms with E-state index in [4.69, 9.17) is 0 Å². The second kappa shape index (κ2) is 7.25. The normalized spacial score (nSPS) is 11.3. The van der Waals surface area contributed by atoms with Crippen LogP contribution in [-0.2, 0) is 21.2 Å². The van der Waals surface area contributed by atoms with Crippen LogP contribution in [0.2, 0.25) is 0 Å². The van der Waals surface area contributed by atoms with Gasteiger partial charge in [0, 0.05) is 26.6 Å². The van der Waals surface area contributed by atoms with Gasteiger partial charge in [-0.3, -0.25) is 4.79 Å². The van der Waals surface area contributed by atoms with Crippen molar-refractivity contribution in [3.63, 3.8) is 0 Å². The number of amides is 1. The Morgan fingerprint density at radius 3 is 2.37 bits per heavy atom. The largest absolute Gasteiger partial charge is 0.341 e. The molecule has 0 saturated carbocycles. The molecule has 5 nitrogen and oxygen atoms in total. The van der Waals surface area contributed by atoms with Crippen molar-refractivity contribution in [2.75, 3.05) is 25.9 Å². The molecule has 0 saturated heterocycles. The van der Waals surface area contributed by atoms with Crippen molar-refractivity contribution in [3.05, 3.63) is 35.9 Å². The summed E-state index contributed by atoms with van der Waals surface area (Å²) in [5.41, 5.74) is 1.16. The zero-order valence-electron chi connectivity index (χ0n) is 11.3. The maximum atomic E-state index is 11.5. The van der Waals surface area contributed by atoms with E-state index in [1.54, 1.807) is 4.90 Å². The monoisotopic (exact) mass is 284 g/mol. The molecule has 1 rings (SSSR count). The van der Waals surface area contributed by atoms with Gasteiger partial charge >= 0.3 is 0 Å². The molecule has 1 aromatic rings. The summed E-state index contributed by atoms with van der Waals surface area (Å²) in [6, 6.07) is 9.87. The Morgan fingerprint density at radius 1 is 1.21 bits per heavy atom. The lowest BCUT2D eigenvalue weighted by atomic mass is 10.1. The second-order valence-corrected chi connectivity index (χ2v) is 6.24. The third kappa shape index (κ3) is 6.93. The van der Waals surface area contributed by atoms with Crippen molar-refractivity contribution in [2.24, 2.45) is 0 Å². The van der Waals surface area contributed by atoms with Gasteiger partial charge in [-0.2, -0.15) is 0 Å². The molecule has 0 aliphatic heterocycles. The Kier molecular flexibility index (Phi) is 5.98. The van der Waals surface area contributed by atoms with E-state index in [1.165, 1.54) is 6.92 Å². The first-order chi connectivity index (χ1) is 8.88. The van der Waals surface area contributed by atoms with Crippen molar-refractivity contribution in [3.8, 4) is 0 Å². The number of hydrogen-bond acceptors (Lipinski definition) is 3. The zero-order chi connectivity index (χ0) is 14.3. The van der Waals surface area contributed by atoms with Crippen LogP contribution >= 0.6 is 0 Å². The number of carbonyl (C=O) groups excluding carboxylic acids is 1. The van der Waals surface area contributed by atoms with Gasteiger partial charge in [-0.05, 0) is 12.0 Å². The smallest absolute Gasteiger partial charge is 0.219 e. The van der Waals surface area contributed by atoms with Gasteiger partial charge in [0.25, 0.3) is 0 Å². The molecule has 0 aliphatic rings. The summed E-state index contributed by atoms with van der Waals surface area (Å²) in [6.45, 7) is 2.71. The summed E-state index contributed by atoms with van der Waals surface area (Å²) < 4.78 is 24.3. The molecule has 0 radical (unpaired) electrons. The number of hydrogen-bond donors (Lipinski definition) is 1. The molecule has 0 unspecified atom stereocenters. The molecule has 0 fully saturated rings. The second-order valence-electron chi connectivity index (χ2n) is 4.41. The molecular formula is C13H20N2O3S. The van der Waals surface area contributed by atoms with E-state index in [1.807, 2.05) is 30.3 Å². The Morgan fingerprint density at radius 2 is 1.84 bits per heavy atom. The quantitative estimate of drug-likeness (QED) is 0.798. The molecule has 1 aromatic carbocycles. The van der Waals surface area contributed by atoms with Crippen LogP contribution in [0.25, 0.3) is 0 Å². The molecule has 0 aliphatic carbocycles. The summed E-state index contributed by atoms with van der Waals surface area (Å²) in [6.07, 6.45) is 1.87. The van der Waals surface area contributed by atoms with E-state index < -0.39 is 10.0 Å². The van der Waals surface area contributed by atoms with E-state index in [2.05, 4.69) is 4.72 Å². The van der Waals surface area contributed by atoms with E-state index in [0.29, 0.717) is 13.1 Å². The molecule has 0 aromatic heterocycles. The highest BCUT2D eigenvalue weighted by atomic mass is 32.2. The molecular weight excluding hydrogens is 264 g/mol. The van der Waals surface area contributed by atoms with Gasteiger partial charge in [0.1, 0.15) is 0 Å². The lowest BCUT2D eigenvalue weighted by Crippen LogP contribution is -2.38. The lowest BCUT2D eigenvalue weighted by Gasteiger charge is -2.21. The Hall–Kier alpha value is -1.40. The maximum absolute atomic E-state index is 11.5. The van der Waals surface area contributed by atoms with Crippen LogP contribution in [0.15, 0.2) is 30.3 Å². The summed E-state index contributed by atoms with van der Waals surface area (Å²) in [5, 5.41) is 0. The van der Waals surface area contributed by atoms with Crippen LogP contribution in [0.1, 0.15) is 12.5 Å². The SMILES string of the molecule is CC(=O)N(CCNS(C)(=O)=O)CCc1ccccc1. The molecule has 6 heteroatoms. The Balaban J connectivity index is 2.43. The van der Waals surface area contributed by atoms with Gasteiger partial charge in [0.15, 0.2) is 0 Å². The van der Waals surface area contributed by atoms with E-state index in [0.717, 1.165) is 18.2 Å². The van der Waals surface area contributed by atoms with Crippen LogP contribution in [0.5, 0.6) is 0 Å². The highest BCUT2D eigenvalue weighted by molar-refractivity contribution is 7.88. The first kappa shape index (κ1) is 15.7. The van der Waals surface area contributed by atoms with Crippen molar-refractivity contribution in [1.29, 1.82) is 0 Å². The van der Waals surface area contributed by atoms with Gasteiger partial charge in [-0.25, -0.2) is 13.1 Å². The third-order valence-corrected chi connectivity index (χ3v) is 3.43. The molecule has 1 amide bonds. The van der Waals surface area contributed by atoms with Gasteiger partial charge in [0.2, 0.25) is 15.9 Å². The van der Waals surface area contributed by atoms with E-state index >= 15 is 0 Å². The fourth-order valence-corrected chi connectivity index (χ4v) is 2.16. The minimum atomic E-state index is -3.20. The van der Waals surface area contributed by atoms with Crippen molar-refractivity contribution >= 4 is 15.9 Å². The molecule has 106 valence electrons. The first-order valence-corrected chi connectivity index (χ1v) is 8.02. The average Bonchev–Trinajstić information content (AvgIpc) is 2.33. The molecule has 0 bridgehead atoms. The van der Waals surface area contributed by atoms with Crippen molar-refractivity contribution in [2.45, 2.75) is 13.3 Å². The van der Waals surface area contributed by atoms with Gasteiger partial charge in [-0.1, -0.05) is 30.3 Å². The van der Waals surface area contributed by atoms with Gasteiger partial charge < -0.3 is 4.90 Å². The number of benzene rings is 1. The standard InChI is InChI=1S/C13H20N2O3S/c1-12(16)15(11-9-14-19(2,17)18)10-8-13-6-4-3-5-7-13/h3-7,14H,8-11H2,1-2H3. The molecule has 0 atom stereocenters. The highest BCUT2D eigenvalue weighted by Crippen LogP contribution is 2.01. The number of rotatable bonds is 7.